The number of thioether (sulfide) groups is 1. The van der Waals surface area contributed by atoms with Crippen LogP contribution >= 0.6 is 11.8 Å². The molecule has 1 saturated heterocycles. The van der Waals surface area contributed by atoms with Crippen molar-refractivity contribution in [2.24, 2.45) is 0 Å². The number of anilines is 2. The molecule has 5 rings (SSSR count). The molecular weight excluding hydrogens is 572 g/mol. The highest BCUT2D eigenvalue weighted by Crippen LogP contribution is 2.35. The molecule has 1 fully saturated rings. The molecule has 3 aromatic carbocycles. The third-order valence-electron chi connectivity index (χ3n) is 6.37. The summed E-state index contributed by atoms with van der Waals surface area (Å²) in [7, 11) is 0. The Labute approximate surface area is 249 Å². The van der Waals surface area contributed by atoms with Gasteiger partial charge >= 0.3 is 0 Å². The van der Waals surface area contributed by atoms with Crippen LogP contribution in [0, 0.1) is 17.0 Å². The van der Waals surface area contributed by atoms with Gasteiger partial charge in [0.2, 0.25) is 11.8 Å². The van der Waals surface area contributed by atoms with E-state index >= 15 is 0 Å². The Balaban J connectivity index is 1.30. The average Bonchev–Trinajstić information content (AvgIpc) is 3.53. The van der Waals surface area contributed by atoms with E-state index in [0.29, 0.717) is 27.7 Å². The number of nitro groups is 1. The van der Waals surface area contributed by atoms with Crippen LogP contribution in [-0.2, 0) is 14.4 Å². The average molecular weight is 597 g/mol. The summed E-state index contributed by atoms with van der Waals surface area (Å²) in [4.78, 5) is 64.0. The van der Waals surface area contributed by atoms with Gasteiger partial charge in [-0.25, -0.2) is 4.90 Å². The molecule has 0 saturated carbocycles. The molecule has 0 radical (unpaired) electrons. The van der Waals surface area contributed by atoms with Crippen LogP contribution in [0.4, 0.5) is 17.1 Å². The summed E-state index contributed by atoms with van der Waals surface area (Å²) in [6.07, 6.45) is 1.37. The number of carbonyl (C=O) groups excluding carboxylic acids is 4. The number of amides is 4. The van der Waals surface area contributed by atoms with E-state index in [2.05, 4.69) is 10.6 Å². The van der Waals surface area contributed by atoms with Crippen LogP contribution in [0.2, 0.25) is 0 Å². The summed E-state index contributed by atoms with van der Waals surface area (Å²) in [5.41, 5.74) is 0.831. The lowest BCUT2D eigenvalue weighted by Crippen LogP contribution is -2.31. The van der Waals surface area contributed by atoms with E-state index in [1.54, 1.807) is 73.7 Å². The lowest BCUT2D eigenvalue weighted by atomic mass is 10.2. The first-order valence-electron chi connectivity index (χ1n) is 13.0. The summed E-state index contributed by atoms with van der Waals surface area (Å²) >= 11 is 1.16. The maximum Gasteiger partial charge on any atom is 0.272 e. The predicted octanol–water partition coefficient (Wildman–Crippen LogP) is 5.33. The van der Waals surface area contributed by atoms with Crippen molar-refractivity contribution in [3.8, 4) is 0 Å². The number of aryl methyl sites for hydroxylation is 1. The number of furan rings is 1. The van der Waals surface area contributed by atoms with Gasteiger partial charge in [0, 0.05) is 40.8 Å². The lowest BCUT2D eigenvalue weighted by Gasteiger charge is -2.15. The van der Waals surface area contributed by atoms with Gasteiger partial charge < -0.3 is 15.1 Å². The number of nitrogens with one attached hydrogen (secondary N) is 2. The fraction of sp³-hybridized carbons (Fsp3) is 0.0968. The van der Waals surface area contributed by atoms with Crippen molar-refractivity contribution < 1.29 is 28.5 Å². The molecule has 11 nitrogen and oxygen atoms in total. The quantitative estimate of drug-likeness (QED) is 0.114. The molecule has 1 aliphatic rings. The summed E-state index contributed by atoms with van der Waals surface area (Å²) in [6, 6.07) is 23.8. The third-order valence-corrected chi connectivity index (χ3v) is 7.55. The zero-order valence-corrected chi connectivity index (χ0v) is 23.5. The zero-order valence-electron chi connectivity index (χ0n) is 22.7. The first kappa shape index (κ1) is 29.0. The first-order chi connectivity index (χ1) is 20.7. The van der Waals surface area contributed by atoms with Gasteiger partial charge in [-0.2, -0.15) is 0 Å². The van der Waals surface area contributed by atoms with E-state index in [0.717, 1.165) is 16.7 Å². The maximum atomic E-state index is 13.3. The SMILES string of the molecule is Cc1ccc(C=C(NC(=O)c2ccccc2)C(=O)Nc2cccc(SC3CC(=O)N(c4ccc([N+](=O)[O-])cc4)C3=O)c2)o1. The molecular formula is C31H24N4O7S. The summed E-state index contributed by atoms with van der Waals surface area (Å²) in [5, 5.41) is 15.6. The van der Waals surface area contributed by atoms with E-state index in [-0.39, 0.29) is 23.5 Å². The molecule has 216 valence electrons. The van der Waals surface area contributed by atoms with E-state index < -0.39 is 33.8 Å². The van der Waals surface area contributed by atoms with Crippen LogP contribution in [0.15, 0.2) is 106 Å². The topological polar surface area (TPSA) is 152 Å². The molecule has 2 heterocycles. The Morgan fingerprint density at radius 2 is 1.74 bits per heavy atom. The highest BCUT2D eigenvalue weighted by Gasteiger charge is 2.40. The molecule has 1 unspecified atom stereocenters. The van der Waals surface area contributed by atoms with Gasteiger partial charge in [0.15, 0.2) is 0 Å². The fourth-order valence-electron chi connectivity index (χ4n) is 4.32. The van der Waals surface area contributed by atoms with Crippen LogP contribution in [0.5, 0.6) is 0 Å². The molecule has 4 aromatic rings. The van der Waals surface area contributed by atoms with E-state index in [4.69, 9.17) is 4.42 Å². The monoisotopic (exact) mass is 596 g/mol. The molecule has 0 spiro atoms. The van der Waals surface area contributed by atoms with Crippen LogP contribution in [0.25, 0.3) is 6.08 Å². The molecule has 4 amide bonds. The van der Waals surface area contributed by atoms with Crippen molar-refractivity contribution >= 4 is 58.5 Å². The number of non-ortho nitro benzene ring substituents is 1. The van der Waals surface area contributed by atoms with Crippen molar-refractivity contribution in [1.82, 2.24) is 5.32 Å². The van der Waals surface area contributed by atoms with Crippen LogP contribution < -0.4 is 15.5 Å². The molecule has 43 heavy (non-hydrogen) atoms. The van der Waals surface area contributed by atoms with Crippen LogP contribution in [0.3, 0.4) is 0 Å². The number of benzene rings is 3. The Morgan fingerprint density at radius 3 is 2.42 bits per heavy atom. The Hall–Kier alpha value is -5.49. The number of nitrogens with zero attached hydrogens (tertiary/aromatic N) is 2. The van der Waals surface area contributed by atoms with Crippen molar-refractivity contribution in [2.75, 3.05) is 10.2 Å². The molecule has 1 atom stereocenters. The van der Waals surface area contributed by atoms with Crippen LogP contribution in [-0.4, -0.2) is 33.8 Å². The number of carbonyl (C=O) groups is 4. The lowest BCUT2D eigenvalue weighted by molar-refractivity contribution is -0.384. The fourth-order valence-corrected chi connectivity index (χ4v) is 5.43. The van der Waals surface area contributed by atoms with Crippen molar-refractivity contribution in [1.29, 1.82) is 0 Å². The Bertz CT molecular complexity index is 1750. The number of imide groups is 1. The number of hydrogen-bond acceptors (Lipinski definition) is 8. The van der Waals surface area contributed by atoms with Gasteiger partial charge in [-0.05, 0) is 61.5 Å². The Morgan fingerprint density at radius 1 is 1.00 bits per heavy atom. The van der Waals surface area contributed by atoms with Gasteiger partial charge in [-0.1, -0.05) is 24.3 Å². The zero-order chi connectivity index (χ0) is 30.5. The largest absolute Gasteiger partial charge is 0.462 e. The molecule has 2 N–H and O–H groups in total. The second-order valence-electron chi connectivity index (χ2n) is 9.46. The first-order valence-corrected chi connectivity index (χ1v) is 13.9. The summed E-state index contributed by atoms with van der Waals surface area (Å²) in [6.45, 7) is 1.76. The van der Waals surface area contributed by atoms with Gasteiger partial charge in [0.25, 0.3) is 17.5 Å². The molecule has 1 aliphatic heterocycles. The second-order valence-corrected chi connectivity index (χ2v) is 10.7. The second kappa shape index (κ2) is 12.6. The van der Waals surface area contributed by atoms with E-state index in [9.17, 15) is 29.3 Å². The summed E-state index contributed by atoms with van der Waals surface area (Å²) < 4.78 is 5.57. The van der Waals surface area contributed by atoms with Crippen molar-refractivity contribution in [2.45, 2.75) is 23.5 Å². The minimum absolute atomic E-state index is 0.0448. The number of rotatable bonds is 9. The van der Waals surface area contributed by atoms with Crippen molar-refractivity contribution in [3.63, 3.8) is 0 Å². The molecule has 0 aliphatic carbocycles. The maximum absolute atomic E-state index is 13.3. The smallest absolute Gasteiger partial charge is 0.272 e. The summed E-state index contributed by atoms with van der Waals surface area (Å²) in [5.74, 6) is -0.924. The Kier molecular flexibility index (Phi) is 8.49. The van der Waals surface area contributed by atoms with Crippen LogP contribution in [0.1, 0.15) is 28.3 Å². The predicted molar refractivity (Wildman–Crippen MR) is 160 cm³/mol. The van der Waals surface area contributed by atoms with Crippen molar-refractivity contribution in [3.05, 3.63) is 124 Å². The van der Waals surface area contributed by atoms with Gasteiger partial charge in [-0.15, -0.1) is 11.8 Å². The molecule has 1 aromatic heterocycles. The van der Waals surface area contributed by atoms with Gasteiger partial charge in [-0.3, -0.25) is 29.3 Å². The van der Waals surface area contributed by atoms with Gasteiger partial charge in [0.05, 0.1) is 15.9 Å². The third kappa shape index (κ3) is 6.88. The highest BCUT2D eigenvalue weighted by atomic mass is 32.2. The molecule has 12 heteroatoms. The van der Waals surface area contributed by atoms with E-state index in [1.165, 1.54) is 30.3 Å². The number of nitro benzene ring substituents is 1. The molecule has 0 bridgehead atoms. The normalized spacial score (nSPS) is 15.0. The number of hydrogen-bond donors (Lipinski definition) is 2. The highest BCUT2D eigenvalue weighted by molar-refractivity contribution is 8.00. The van der Waals surface area contributed by atoms with Gasteiger partial charge in [0.1, 0.15) is 17.2 Å². The minimum atomic E-state index is -0.726. The minimum Gasteiger partial charge on any atom is -0.462 e. The van der Waals surface area contributed by atoms with E-state index in [1.807, 2.05) is 0 Å². The standard InChI is InChI=1S/C31H24N4O7S/c1-19-10-15-24(42-19)17-26(33-29(37)20-6-3-2-4-7-20)30(38)32-21-8-5-9-25(16-21)43-27-18-28(36)34(31(27)39)22-11-13-23(14-12-22)35(40)41/h2-17,27H,18H2,1H3,(H,32,38)(H,33,37).